The van der Waals surface area contributed by atoms with Crippen LogP contribution in [0.25, 0.3) is 0 Å². The van der Waals surface area contributed by atoms with Crippen LogP contribution in [-0.4, -0.2) is 34.9 Å². The Morgan fingerprint density at radius 2 is 1.79 bits per heavy atom. The molecule has 5 heteroatoms. The highest BCUT2D eigenvalue weighted by molar-refractivity contribution is 5.91. The lowest BCUT2D eigenvalue weighted by Gasteiger charge is -2.60. The molecule has 0 aliphatic heterocycles. The summed E-state index contributed by atoms with van der Waals surface area (Å²) in [6.07, 6.45) is 7.82. The van der Waals surface area contributed by atoms with Crippen LogP contribution in [0.15, 0.2) is 0 Å². The first-order chi connectivity index (χ1) is 13.1. The topological polar surface area (TPSA) is 80.7 Å². The van der Waals surface area contributed by atoms with E-state index in [4.69, 9.17) is 4.74 Å². The lowest BCUT2D eigenvalue weighted by molar-refractivity contribution is -0.175. The lowest BCUT2D eigenvalue weighted by atomic mass is 9.44. The number of rotatable bonds is 3. The van der Waals surface area contributed by atoms with Crippen molar-refractivity contribution in [2.45, 2.75) is 84.2 Å². The van der Waals surface area contributed by atoms with Gasteiger partial charge < -0.3 is 9.84 Å². The van der Waals surface area contributed by atoms with Crippen molar-refractivity contribution in [2.24, 2.45) is 34.5 Å². The van der Waals surface area contributed by atoms with Crippen molar-refractivity contribution in [3.8, 4) is 0 Å². The van der Waals surface area contributed by atoms with Crippen molar-refractivity contribution in [1.82, 2.24) is 0 Å². The molecule has 4 aliphatic carbocycles. The molecule has 0 saturated heterocycles. The molecule has 156 valence electrons. The van der Waals surface area contributed by atoms with Crippen LogP contribution >= 0.6 is 0 Å². The number of hydrogen-bond donors (Lipinski definition) is 1. The van der Waals surface area contributed by atoms with E-state index < -0.39 is 17.0 Å². The quantitative estimate of drug-likeness (QED) is 0.747. The zero-order chi connectivity index (χ0) is 20.3. The van der Waals surface area contributed by atoms with Crippen molar-refractivity contribution in [3.05, 3.63) is 0 Å². The van der Waals surface area contributed by atoms with E-state index in [-0.39, 0.29) is 17.8 Å². The zero-order valence-corrected chi connectivity index (χ0v) is 17.5. The standard InChI is InChI=1S/C23H34O5/c1-14(24)28-13-20(26)23(27)11-8-19-17-5-4-15-12-16(25)6-9-21(15,2)18(17)7-10-22(19,23)3/h15,17-19,27H,4-13H2,1-3H3/t15-,17+,18+,19+,21-,22-,23+/m0/s1. The van der Waals surface area contributed by atoms with Gasteiger partial charge in [-0.05, 0) is 74.0 Å². The van der Waals surface area contributed by atoms with Crippen molar-refractivity contribution in [3.63, 3.8) is 0 Å². The highest BCUT2D eigenvalue weighted by Crippen LogP contribution is 2.68. The van der Waals surface area contributed by atoms with Gasteiger partial charge in [0.1, 0.15) is 11.4 Å². The first-order valence-electron chi connectivity index (χ1n) is 11.0. The molecule has 4 saturated carbocycles. The van der Waals surface area contributed by atoms with Gasteiger partial charge in [-0.15, -0.1) is 0 Å². The summed E-state index contributed by atoms with van der Waals surface area (Å²) < 4.78 is 4.93. The van der Waals surface area contributed by atoms with Crippen molar-refractivity contribution >= 4 is 17.5 Å². The second-order valence-electron chi connectivity index (χ2n) is 10.5. The molecule has 4 rings (SSSR count). The smallest absolute Gasteiger partial charge is 0.303 e. The molecule has 0 radical (unpaired) electrons. The summed E-state index contributed by atoms with van der Waals surface area (Å²) in [6.45, 7) is 5.45. The lowest BCUT2D eigenvalue weighted by Crippen LogP contribution is -2.59. The number of aliphatic hydroxyl groups is 1. The maximum atomic E-state index is 12.9. The molecule has 0 spiro atoms. The summed E-state index contributed by atoms with van der Waals surface area (Å²) >= 11 is 0. The molecule has 4 aliphatic rings. The van der Waals surface area contributed by atoms with E-state index in [2.05, 4.69) is 13.8 Å². The minimum absolute atomic E-state index is 0.223. The van der Waals surface area contributed by atoms with Crippen molar-refractivity contribution in [2.75, 3.05) is 6.61 Å². The SMILES string of the molecule is CC(=O)OCC(=O)[C@]1(O)CC[C@@H]2[C@@H]3CC[C@H]4CC(=O)CC[C@]4(C)[C@@H]3CC[C@@]21C. The van der Waals surface area contributed by atoms with Crippen molar-refractivity contribution in [1.29, 1.82) is 0 Å². The highest BCUT2D eigenvalue weighted by Gasteiger charge is 2.66. The van der Waals surface area contributed by atoms with Gasteiger partial charge in [0.05, 0.1) is 0 Å². The fraction of sp³-hybridized carbons (Fsp3) is 0.870. The first kappa shape index (κ1) is 20.1. The third-order valence-electron chi connectivity index (χ3n) is 9.50. The average Bonchev–Trinajstić information content (AvgIpc) is 2.92. The van der Waals surface area contributed by atoms with E-state index in [1.54, 1.807) is 0 Å². The molecule has 0 aromatic heterocycles. The predicted molar refractivity (Wildman–Crippen MR) is 103 cm³/mol. The van der Waals surface area contributed by atoms with E-state index in [1.807, 2.05) is 0 Å². The van der Waals surface area contributed by atoms with Crippen LogP contribution in [0.2, 0.25) is 0 Å². The molecular formula is C23H34O5. The van der Waals surface area contributed by atoms with Gasteiger partial charge in [-0.2, -0.15) is 0 Å². The summed E-state index contributed by atoms with van der Waals surface area (Å²) in [5.41, 5.74) is -1.61. The number of fused-ring (bicyclic) bond motifs is 5. The number of hydrogen-bond acceptors (Lipinski definition) is 5. The van der Waals surface area contributed by atoms with Crippen LogP contribution in [0.3, 0.4) is 0 Å². The summed E-state index contributed by atoms with van der Waals surface area (Å²) in [5.74, 6) is 1.53. The fourth-order valence-corrected chi connectivity index (χ4v) is 7.81. The molecule has 0 amide bonds. The van der Waals surface area contributed by atoms with Crippen molar-refractivity contribution < 1.29 is 24.2 Å². The molecule has 0 unspecified atom stereocenters. The number of Topliss-reactive ketones (excluding diaryl/α,β-unsaturated/α-hetero) is 2. The molecular weight excluding hydrogens is 356 g/mol. The second-order valence-corrected chi connectivity index (χ2v) is 10.5. The molecule has 28 heavy (non-hydrogen) atoms. The fourth-order valence-electron chi connectivity index (χ4n) is 7.81. The first-order valence-corrected chi connectivity index (χ1v) is 11.0. The summed E-state index contributed by atoms with van der Waals surface area (Å²) in [4.78, 5) is 36.0. The van der Waals surface area contributed by atoms with Crippen LogP contribution < -0.4 is 0 Å². The summed E-state index contributed by atoms with van der Waals surface area (Å²) in [7, 11) is 0. The Morgan fingerprint density at radius 3 is 2.50 bits per heavy atom. The summed E-state index contributed by atoms with van der Waals surface area (Å²) in [6, 6.07) is 0. The van der Waals surface area contributed by atoms with Gasteiger partial charge in [0.2, 0.25) is 5.78 Å². The Balaban J connectivity index is 1.57. The molecule has 1 N–H and O–H groups in total. The predicted octanol–water partition coefficient (Wildman–Crippen LogP) is 3.46. The molecule has 7 atom stereocenters. The van der Waals surface area contributed by atoms with E-state index in [9.17, 15) is 19.5 Å². The van der Waals surface area contributed by atoms with Gasteiger partial charge in [-0.25, -0.2) is 0 Å². The number of ketones is 2. The minimum Gasteiger partial charge on any atom is -0.458 e. The molecule has 4 fully saturated rings. The summed E-state index contributed by atoms with van der Waals surface area (Å²) in [5, 5.41) is 11.5. The Morgan fingerprint density at radius 1 is 1.07 bits per heavy atom. The van der Waals surface area contributed by atoms with E-state index >= 15 is 0 Å². The van der Waals surface area contributed by atoms with Crippen LogP contribution in [0.1, 0.15) is 78.6 Å². The largest absolute Gasteiger partial charge is 0.458 e. The molecule has 0 aromatic carbocycles. The van der Waals surface area contributed by atoms with Gasteiger partial charge in [0.15, 0.2) is 6.61 Å². The maximum absolute atomic E-state index is 12.9. The number of carbonyl (C=O) groups excluding carboxylic acids is 3. The minimum atomic E-state index is -1.39. The average molecular weight is 391 g/mol. The maximum Gasteiger partial charge on any atom is 0.303 e. The number of esters is 1. The molecule has 0 aromatic rings. The van der Waals surface area contributed by atoms with Gasteiger partial charge in [0, 0.05) is 25.2 Å². The Hall–Kier alpha value is -1.23. The number of ether oxygens (including phenoxy) is 1. The van der Waals surface area contributed by atoms with E-state index in [0.29, 0.717) is 42.3 Å². The van der Waals surface area contributed by atoms with Crippen LogP contribution in [0.4, 0.5) is 0 Å². The number of carbonyl (C=O) groups is 3. The molecule has 5 nitrogen and oxygen atoms in total. The third-order valence-corrected chi connectivity index (χ3v) is 9.50. The van der Waals surface area contributed by atoms with Gasteiger partial charge in [-0.3, -0.25) is 14.4 Å². The zero-order valence-electron chi connectivity index (χ0n) is 17.5. The van der Waals surface area contributed by atoms with E-state index in [0.717, 1.165) is 44.9 Å². The van der Waals surface area contributed by atoms with Gasteiger partial charge >= 0.3 is 5.97 Å². The van der Waals surface area contributed by atoms with Gasteiger partial charge in [0.25, 0.3) is 0 Å². The Bertz CT molecular complexity index is 701. The van der Waals surface area contributed by atoms with Gasteiger partial charge in [-0.1, -0.05) is 13.8 Å². The normalized spacial score (nSPS) is 47.6. The Kier molecular flexibility index (Phi) is 4.76. The second kappa shape index (κ2) is 6.65. The Labute approximate surface area is 167 Å². The van der Waals surface area contributed by atoms with Crippen LogP contribution in [0.5, 0.6) is 0 Å². The van der Waals surface area contributed by atoms with E-state index in [1.165, 1.54) is 6.92 Å². The van der Waals surface area contributed by atoms with Crippen LogP contribution in [-0.2, 0) is 19.1 Å². The molecule has 0 bridgehead atoms. The van der Waals surface area contributed by atoms with Crippen LogP contribution in [0, 0.1) is 34.5 Å². The third kappa shape index (κ3) is 2.72. The molecule has 0 heterocycles. The monoisotopic (exact) mass is 390 g/mol. The highest BCUT2D eigenvalue weighted by atomic mass is 16.5.